The maximum atomic E-state index is 10.6. The fourth-order valence-corrected chi connectivity index (χ4v) is 0.216. The molecule has 1 radical (unpaired) electrons. The first kappa shape index (κ1) is 8.14. The Bertz CT molecular complexity index is 129. The Hall–Kier alpha value is -0.860. The van der Waals surface area contributed by atoms with E-state index < -0.39 is 5.54 Å². The first-order valence-electron chi connectivity index (χ1n) is 2.66. The number of carbonyl (C=O) groups is 1. The van der Waals surface area contributed by atoms with E-state index in [9.17, 15) is 9.59 Å². The van der Waals surface area contributed by atoms with E-state index in [2.05, 4.69) is 5.32 Å². The number of ketones is 1. The van der Waals surface area contributed by atoms with Crippen LogP contribution in [-0.4, -0.2) is 17.7 Å². The predicted octanol–water partition coefficient (Wildman–Crippen LogP) is 0.0108. The largest absolute Gasteiger partial charge is 0.336 e. The van der Waals surface area contributed by atoms with Crippen LogP contribution in [0, 0.1) is 0 Å². The molecule has 0 aliphatic heterocycles. The van der Waals surface area contributed by atoms with Gasteiger partial charge in [-0.3, -0.25) is 9.59 Å². The summed E-state index contributed by atoms with van der Waals surface area (Å²) in [6.07, 6.45) is 1.47. The molecular weight excluding hydrogens is 118 g/mol. The lowest BCUT2D eigenvalue weighted by molar-refractivity contribution is -0.121. The molecule has 9 heavy (non-hydrogen) atoms. The van der Waals surface area contributed by atoms with Crippen LogP contribution in [0.5, 0.6) is 0 Å². The van der Waals surface area contributed by atoms with Gasteiger partial charge in [-0.1, -0.05) is 0 Å². The molecule has 0 aromatic carbocycles. The fourth-order valence-electron chi connectivity index (χ4n) is 0.216. The number of nitrogens with one attached hydrogen (secondary N) is 1. The Kier molecular flexibility index (Phi) is 2.37. The molecule has 0 spiro atoms. The Morgan fingerprint density at radius 3 is 2.11 bits per heavy atom. The van der Waals surface area contributed by atoms with Crippen molar-refractivity contribution in [3.8, 4) is 0 Å². The zero-order valence-electron chi connectivity index (χ0n) is 5.82. The fraction of sp³-hybridized carbons (Fsp3) is 0.667. The monoisotopic (exact) mass is 128 g/mol. The van der Waals surface area contributed by atoms with Crippen molar-refractivity contribution in [2.75, 3.05) is 0 Å². The molecule has 0 atom stereocenters. The molecule has 0 saturated carbocycles. The lowest BCUT2D eigenvalue weighted by Crippen LogP contribution is -2.44. The molecule has 0 aromatic heterocycles. The lowest BCUT2D eigenvalue weighted by atomic mass is 10.0. The molecule has 1 amide bonds. The summed E-state index contributed by atoms with van der Waals surface area (Å²) < 4.78 is 0. The summed E-state index contributed by atoms with van der Waals surface area (Å²) in [6.45, 7) is 4.67. The quantitative estimate of drug-likeness (QED) is 0.544. The summed E-state index contributed by atoms with van der Waals surface area (Å²) in [7, 11) is 0. The number of rotatable bonds is 3. The second-order valence-electron chi connectivity index (χ2n) is 2.41. The molecule has 0 saturated heterocycles. The van der Waals surface area contributed by atoms with E-state index >= 15 is 0 Å². The normalized spacial score (nSPS) is 10.6. The van der Waals surface area contributed by atoms with E-state index in [0.29, 0.717) is 0 Å². The summed E-state index contributed by atoms with van der Waals surface area (Å²) >= 11 is 0. The molecule has 0 aliphatic carbocycles. The van der Waals surface area contributed by atoms with Crippen LogP contribution in [0.15, 0.2) is 0 Å². The minimum absolute atomic E-state index is 0.0779. The van der Waals surface area contributed by atoms with E-state index in [1.807, 2.05) is 0 Å². The molecule has 0 rings (SSSR count). The van der Waals surface area contributed by atoms with Gasteiger partial charge < -0.3 is 5.32 Å². The van der Waals surface area contributed by atoms with Crippen LogP contribution in [0.25, 0.3) is 0 Å². The van der Waals surface area contributed by atoms with Gasteiger partial charge in [0.25, 0.3) is 0 Å². The maximum absolute atomic E-state index is 10.6. The Morgan fingerprint density at radius 2 is 2.00 bits per heavy atom. The van der Waals surface area contributed by atoms with Crippen LogP contribution in [0.4, 0.5) is 0 Å². The number of amides is 1. The third kappa shape index (κ3) is 2.26. The van der Waals surface area contributed by atoms with Gasteiger partial charge in [-0.2, -0.15) is 0 Å². The molecule has 51 valence electrons. The molecule has 0 aliphatic rings. The Morgan fingerprint density at radius 1 is 1.56 bits per heavy atom. The van der Waals surface area contributed by atoms with Crippen LogP contribution in [0.3, 0.4) is 0 Å². The second-order valence-corrected chi connectivity index (χ2v) is 2.41. The van der Waals surface area contributed by atoms with Crippen LogP contribution in [0.2, 0.25) is 0 Å². The van der Waals surface area contributed by atoms with Gasteiger partial charge in [0.2, 0.25) is 0 Å². The molecule has 3 nitrogen and oxygen atoms in total. The minimum Gasteiger partial charge on any atom is -0.336 e. The van der Waals surface area contributed by atoms with Crippen molar-refractivity contribution in [2.24, 2.45) is 0 Å². The van der Waals surface area contributed by atoms with Crippen LogP contribution >= 0.6 is 0 Å². The summed E-state index contributed by atoms with van der Waals surface area (Å²) in [5, 5.41) is 2.27. The van der Waals surface area contributed by atoms with Gasteiger partial charge in [0.05, 0.1) is 5.54 Å². The van der Waals surface area contributed by atoms with Crippen molar-refractivity contribution in [3.63, 3.8) is 0 Å². The van der Waals surface area contributed by atoms with Gasteiger partial charge in [0.1, 0.15) is 0 Å². The van der Waals surface area contributed by atoms with E-state index in [-0.39, 0.29) is 5.78 Å². The van der Waals surface area contributed by atoms with Crippen molar-refractivity contribution in [3.05, 3.63) is 0 Å². The van der Waals surface area contributed by atoms with Gasteiger partial charge >= 0.3 is 6.41 Å². The number of carbonyl (C=O) groups excluding carboxylic acids is 2. The molecule has 1 N–H and O–H groups in total. The highest BCUT2D eigenvalue weighted by atomic mass is 16.1. The SMILES string of the molecule is CC(=O)C(C)(C)N[C]=O. The van der Waals surface area contributed by atoms with Crippen molar-refractivity contribution in [1.82, 2.24) is 5.32 Å². The van der Waals surface area contributed by atoms with Crippen LogP contribution in [-0.2, 0) is 9.59 Å². The summed E-state index contributed by atoms with van der Waals surface area (Å²) in [5.41, 5.74) is -0.762. The standard InChI is InChI=1S/C6H10NO2/c1-5(9)6(2,3)7-4-8/h1-3H3,(H,7,8). The molecular formula is C6H10NO2. The average molecular weight is 128 g/mol. The van der Waals surface area contributed by atoms with Gasteiger partial charge in [-0.25, -0.2) is 0 Å². The minimum atomic E-state index is -0.762. The zero-order chi connectivity index (χ0) is 7.49. The van der Waals surface area contributed by atoms with Gasteiger partial charge in [-0.15, -0.1) is 0 Å². The van der Waals surface area contributed by atoms with Gasteiger partial charge in [0.15, 0.2) is 5.78 Å². The predicted molar refractivity (Wildman–Crippen MR) is 33.6 cm³/mol. The summed E-state index contributed by atoms with van der Waals surface area (Å²) in [4.78, 5) is 20.4. The van der Waals surface area contributed by atoms with Crippen LogP contribution in [0.1, 0.15) is 20.8 Å². The molecule has 0 unspecified atom stereocenters. The Balaban J connectivity index is 4.00. The molecule has 0 heterocycles. The number of hydrogen-bond acceptors (Lipinski definition) is 2. The highest BCUT2D eigenvalue weighted by Crippen LogP contribution is 2.00. The maximum Gasteiger partial charge on any atom is 0.310 e. The summed E-state index contributed by atoms with van der Waals surface area (Å²) in [5.74, 6) is -0.0779. The third-order valence-electron chi connectivity index (χ3n) is 1.24. The zero-order valence-corrected chi connectivity index (χ0v) is 5.82. The van der Waals surface area contributed by atoms with Crippen molar-refractivity contribution in [1.29, 1.82) is 0 Å². The van der Waals surface area contributed by atoms with Gasteiger partial charge in [-0.05, 0) is 20.8 Å². The summed E-state index contributed by atoms with van der Waals surface area (Å²) in [6, 6.07) is 0. The Labute approximate surface area is 54.4 Å². The van der Waals surface area contributed by atoms with Crippen LogP contribution < -0.4 is 5.32 Å². The second kappa shape index (κ2) is 2.62. The number of Topliss-reactive ketones (excluding diaryl/α,β-unsaturated/α-hetero) is 1. The molecule has 0 bridgehead atoms. The number of hydrogen-bond donors (Lipinski definition) is 1. The molecule has 0 aromatic rings. The van der Waals surface area contributed by atoms with E-state index in [1.165, 1.54) is 13.3 Å². The van der Waals surface area contributed by atoms with Crippen molar-refractivity contribution < 1.29 is 9.59 Å². The smallest absolute Gasteiger partial charge is 0.310 e. The van der Waals surface area contributed by atoms with E-state index in [1.54, 1.807) is 13.8 Å². The average Bonchev–Trinajstić information content (AvgIpc) is 1.65. The highest BCUT2D eigenvalue weighted by molar-refractivity contribution is 5.86. The van der Waals surface area contributed by atoms with Gasteiger partial charge in [0, 0.05) is 0 Å². The first-order chi connectivity index (χ1) is 4.00. The van der Waals surface area contributed by atoms with Crippen molar-refractivity contribution >= 4 is 12.2 Å². The van der Waals surface area contributed by atoms with E-state index in [4.69, 9.17) is 0 Å². The molecule has 0 fully saturated rings. The molecule has 3 heteroatoms. The topological polar surface area (TPSA) is 46.2 Å². The third-order valence-corrected chi connectivity index (χ3v) is 1.24. The lowest BCUT2D eigenvalue weighted by Gasteiger charge is -2.18. The van der Waals surface area contributed by atoms with E-state index in [0.717, 1.165) is 0 Å². The first-order valence-corrected chi connectivity index (χ1v) is 2.66. The highest BCUT2D eigenvalue weighted by Gasteiger charge is 2.21. The van der Waals surface area contributed by atoms with Crippen molar-refractivity contribution in [2.45, 2.75) is 26.3 Å².